The number of aliphatic imine (C=N–C) groups is 1. The lowest BCUT2D eigenvalue weighted by atomic mass is 9.90. The molecule has 0 bridgehead atoms. The van der Waals surface area contributed by atoms with Gasteiger partial charge in [-0.2, -0.15) is 4.99 Å². The first-order valence-corrected chi connectivity index (χ1v) is 10.6. The fourth-order valence-electron chi connectivity index (χ4n) is 4.47. The first kappa shape index (κ1) is 22.0. The van der Waals surface area contributed by atoms with Crippen LogP contribution in [0.5, 0.6) is 0 Å². The zero-order valence-electron chi connectivity index (χ0n) is 18.4. The third kappa shape index (κ3) is 3.94. The summed E-state index contributed by atoms with van der Waals surface area (Å²) >= 11 is 0. The topological polar surface area (TPSA) is 86.4 Å². The molecule has 0 radical (unpaired) electrons. The largest absolute Gasteiger partial charge is 0.370 e. The highest BCUT2D eigenvalue weighted by molar-refractivity contribution is 6.07. The van der Waals surface area contributed by atoms with Crippen molar-refractivity contribution in [2.24, 2.45) is 16.5 Å². The van der Waals surface area contributed by atoms with Crippen LogP contribution in [0.4, 0.5) is 0 Å². The Hall–Kier alpha value is -2.30. The Labute approximate surface area is 169 Å². The molecular formula is C23H36N4O. The first-order valence-electron chi connectivity index (χ1n) is 10.6. The minimum atomic E-state index is -0.337. The van der Waals surface area contributed by atoms with Gasteiger partial charge in [-0.25, -0.2) is 0 Å². The number of carbonyl (C=O) groups excluding carboxylic acids is 1. The second-order valence-corrected chi connectivity index (χ2v) is 7.56. The number of aryl methyl sites for hydroxylation is 4. The molecule has 0 saturated carbocycles. The second kappa shape index (κ2) is 9.26. The number of guanidine groups is 1. The molecule has 1 aliphatic heterocycles. The van der Waals surface area contributed by atoms with Gasteiger partial charge in [0.25, 0.3) is 5.91 Å². The number of nitrogens with two attached hydrogens (primary N) is 2. The van der Waals surface area contributed by atoms with Crippen molar-refractivity contribution in [3.8, 4) is 0 Å². The standard InChI is InChI=1S/C21H30N4O.C2H6/c1-12-13(2)16-10-8-6-5-7-9-11-25-18(20(26)24-21(22)23)15(4)17(14(12)3)19(16)25;1-2/h5-11H2,1-4H3,(H4,22,23,24,26);1-2H3. The van der Waals surface area contributed by atoms with E-state index in [4.69, 9.17) is 11.5 Å². The van der Waals surface area contributed by atoms with Crippen molar-refractivity contribution in [3.05, 3.63) is 33.5 Å². The molecule has 2 aromatic rings. The Morgan fingerprint density at radius 2 is 1.46 bits per heavy atom. The van der Waals surface area contributed by atoms with Crippen LogP contribution in [0.3, 0.4) is 0 Å². The maximum absolute atomic E-state index is 12.8. The van der Waals surface area contributed by atoms with Crippen LogP contribution in [0.15, 0.2) is 4.99 Å². The highest BCUT2D eigenvalue weighted by atomic mass is 16.1. The monoisotopic (exact) mass is 384 g/mol. The van der Waals surface area contributed by atoms with E-state index in [9.17, 15) is 4.79 Å². The molecule has 1 aromatic heterocycles. The number of hydrogen-bond acceptors (Lipinski definition) is 1. The molecule has 5 nitrogen and oxygen atoms in total. The molecule has 1 aliphatic rings. The van der Waals surface area contributed by atoms with Crippen LogP contribution in [0.1, 0.15) is 84.3 Å². The normalized spacial score (nSPS) is 14.2. The maximum atomic E-state index is 12.8. The summed E-state index contributed by atoms with van der Waals surface area (Å²) in [6, 6.07) is 0. The third-order valence-electron chi connectivity index (χ3n) is 5.99. The van der Waals surface area contributed by atoms with Crippen molar-refractivity contribution in [2.75, 3.05) is 0 Å². The summed E-state index contributed by atoms with van der Waals surface area (Å²) < 4.78 is 2.19. The summed E-state index contributed by atoms with van der Waals surface area (Å²) in [5, 5.41) is 1.21. The van der Waals surface area contributed by atoms with Crippen molar-refractivity contribution in [3.63, 3.8) is 0 Å². The van der Waals surface area contributed by atoms with E-state index in [0.717, 1.165) is 24.9 Å². The quantitative estimate of drug-likeness (QED) is 0.546. The Bertz CT molecular complexity index is 902. The third-order valence-corrected chi connectivity index (χ3v) is 5.99. The van der Waals surface area contributed by atoms with Gasteiger partial charge < -0.3 is 16.0 Å². The fourth-order valence-corrected chi connectivity index (χ4v) is 4.47. The van der Waals surface area contributed by atoms with Gasteiger partial charge in [-0.05, 0) is 74.8 Å². The van der Waals surface area contributed by atoms with Crippen molar-refractivity contribution in [1.82, 2.24) is 4.57 Å². The van der Waals surface area contributed by atoms with Gasteiger partial charge in [-0.1, -0.05) is 33.1 Å². The van der Waals surface area contributed by atoms with Crippen LogP contribution in [-0.2, 0) is 13.0 Å². The summed E-state index contributed by atoms with van der Waals surface area (Å²) in [7, 11) is 0. The molecule has 2 heterocycles. The predicted molar refractivity (Wildman–Crippen MR) is 119 cm³/mol. The van der Waals surface area contributed by atoms with E-state index in [1.54, 1.807) is 0 Å². The van der Waals surface area contributed by atoms with Crippen LogP contribution in [0.2, 0.25) is 0 Å². The Morgan fingerprint density at radius 3 is 2.11 bits per heavy atom. The number of aromatic nitrogens is 1. The molecule has 0 aliphatic carbocycles. The molecule has 28 heavy (non-hydrogen) atoms. The van der Waals surface area contributed by atoms with Crippen molar-refractivity contribution < 1.29 is 4.79 Å². The maximum Gasteiger partial charge on any atom is 0.297 e. The molecular weight excluding hydrogens is 348 g/mol. The van der Waals surface area contributed by atoms with E-state index in [1.807, 2.05) is 20.8 Å². The van der Waals surface area contributed by atoms with Gasteiger partial charge in [0.2, 0.25) is 0 Å². The van der Waals surface area contributed by atoms with Crippen LogP contribution in [-0.4, -0.2) is 16.4 Å². The van der Waals surface area contributed by atoms with E-state index in [2.05, 4.69) is 30.3 Å². The van der Waals surface area contributed by atoms with E-state index >= 15 is 0 Å². The predicted octanol–water partition coefficient (Wildman–Crippen LogP) is 4.82. The minimum absolute atomic E-state index is 0.184. The molecule has 1 aromatic carbocycles. The number of hydrogen-bond donors (Lipinski definition) is 2. The van der Waals surface area contributed by atoms with Gasteiger partial charge in [0.15, 0.2) is 5.96 Å². The molecule has 0 saturated heterocycles. The van der Waals surface area contributed by atoms with Gasteiger partial charge in [0.05, 0.1) is 5.52 Å². The number of benzene rings is 1. The summed E-state index contributed by atoms with van der Waals surface area (Å²) in [5.74, 6) is -0.520. The van der Waals surface area contributed by atoms with Gasteiger partial charge in [-0.15, -0.1) is 0 Å². The SMILES string of the molecule is CC.Cc1c(C)c2c3c(c1C)c(C)c(C(=O)N=C(N)N)n3CCCCCCC2. The average Bonchev–Trinajstić information content (AvgIpc) is 2.95. The zero-order chi connectivity index (χ0) is 21.0. The van der Waals surface area contributed by atoms with Crippen molar-refractivity contribution in [1.29, 1.82) is 0 Å². The summed E-state index contributed by atoms with van der Waals surface area (Å²) in [5.41, 5.74) is 19.2. The second-order valence-electron chi connectivity index (χ2n) is 7.56. The average molecular weight is 385 g/mol. The smallest absolute Gasteiger partial charge is 0.297 e. The Kier molecular flexibility index (Phi) is 7.28. The lowest BCUT2D eigenvalue weighted by Gasteiger charge is -2.19. The van der Waals surface area contributed by atoms with E-state index < -0.39 is 0 Å². The molecule has 1 amide bonds. The number of amides is 1. The summed E-state index contributed by atoms with van der Waals surface area (Å²) in [6.07, 6.45) is 7.03. The molecule has 0 atom stereocenters. The van der Waals surface area contributed by atoms with Gasteiger partial charge in [-0.3, -0.25) is 4.79 Å². The minimum Gasteiger partial charge on any atom is -0.370 e. The zero-order valence-corrected chi connectivity index (χ0v) is 18.4. The fraction of sp³-hybridized carbons (Fsp3) is 0.565. The number of carbonyl (C=O) groups is 1. The van der Waals surface area contributed by atoms with Crippen molar-refractivity contribution >= 4 is 22.8 Å². The van der Waals surface area contributed by atoms with Gasteiger partial charge in [0, 0.05) is 11.9 Å². The lowest BCUT2D eigenvalue weighted by molar-refractivity contribution is 0.0993. The van der Waals surface area contributed by atoms with Crippen LogP contribution in [0.25, 0.3) is 10.9 Å². The Morgan fingerprint density at radius 1 is 0.857 bits per heavy atom. The summed E-state index contributed by atoms with van der Waals surface area (Å²) in [4.78, 5) is 16.7. The Balaban J connectivity index is 0.00000136. The van der Waals surface area contributed by atoms with Crippen LogP contribution in [0, 0.1) is 27.7 Å². The molecule has 0 spiro atoms. The number of rotatable bonds is 1. The lowest BCUT2D eigenvalue weighted by Crippen LogP contribution is -2.25. The highest BCUT2D eigenvalue weighted by Crippen LogP contribution is 2.37. The van der Waals surface area contributed by atoms with Crippen LogP contribution < -0.4 is 11.5 Å². The van der Waals surface area contributed by atoms with Crippen molar-refractivity contribution in [2.45, 2.75) is 86.6 Å². The first-order chi connectivity index (χ1) is 13.3. The molecule has 0 fully saturated rings. The van der Waals surface area contributed by atoms with Crippen LogP contribution >= 0.6 is 0 Å². The molecule has 4 N–H and O–H groups in total. The summed E-state index contributed by atoms with van der Waals surface area (Å²) in [6.45, 7) is 13.4. The van der Waals surface area contributed by atoms with E-state index in [-0.39, 0.29) is 11.9 Å². The molecule has 154 valence electrons. The number of nitrogens with zero attached hydrogens (tertiary/aromatic N) is 2. The molecule has 3 rings (SSSR count). The van der Waals surface area contributed by atoms with Gasteiger partial charge in [0.1, 0.15) is 5.69 Å². The van der Waals surface area contributed by atoms with E-state index in [1.165, 1.54) is 58.8 Å². The van der Waals surface area contributed by atoms with Gasteiger partial charge >= 0.3 is 0 Å². The molecule has 5 heteroatoms. The molecule has 0 unspecified atom stereocenters. The van der Waals surface area contributed by atoms with E-state index in [0.29, 0.717) is 5.69 Å². The highest BCUT2D eigenvalue weighted by Gasteiger charge is 2.25.